The zero-order chi connectivity index (χ0) is 26.4. The SMILES string of the molecule is CCC/C=C/S(=O)(=O)NC(=O)c1ccc2nc(C)n(Cc3ccc(OCc4ccccc4)cc3Cl)c2c1. The molecule has 37 heavy (non-hydrogen) atoms. The number of imidazole rings is 1. The minimum Gasteiger partial charge on any atom is -0.489 e. The standard InChI is InChI=1S/C28H28ClN3O4S/c1-3-4-8-15-37(34,35)31-28(33)22-12-14-26-27(16-22)32(20(2)30-26)18-23-11-13-24(17-25(23)29)36-19-21-9-6-5-7-10-21/h5-17H,3-4,18-19H2,1-2H3,(H,31,33)/b15-8+. The fourth-order valence-corrected chi connectivity index (χ4v) is 4.89. The number of aryl methyl sites for hydroxylation is 1. The van der Waals surface area contributed by atoms with Crippen molar-refractivity contribution in [2.45, 2.75) is 39.8 Å². The quantitative estimate of drug-likeness (QED) is 0.268. The number of allylic oxidation sites excluding steroid dienone is 1. The van der Waals surface area contributed by atoms with E-state index in [2.05, 4.69) is 9.71 Å². The Kier molecular flexibility index (Phi) is 8.31. The molecule has 4 aromatic rings. The van der Waals surface area contributed by atoms with Crippen LogP contribution < -0.4 is 9.46 Å². The molecule has 0 saturated carbocycles. The molecule has 0 spiro atoms. The van der Waals surface area contributed by atoms with Crippen molar-refractivity contribution < 1.29 is 17.9 Å². The number of sulfonamides is 1. The number of nitrogens with zero attached hydrogens (tertiary/aromatic N) is 2. The van der Waals surface area contributed by atoms with Crippen molar-refractivity contribution in [1.29, 1.82) is 0 Å². The monoisotopic (exact) mass is 537 g/mol. The minimum absolute atomic E-state index is 0.219. The first kappa shape index (κ1) is 26.4. The molecule has 1 N–H and O–H groups in total. The van der Waals surface area contributed by atoms with Gasteiger partial charge in [-0.25, -0.2) is 18.1 Å². The molecule has 0 atom stereocenters. The smallest absolute Gasteiger partial charge is 0.265 e. The molecule has 0 fully saturated rings. The van der Waals surface area contributed by atoms with E-state index in [1.807, 2.05) is 60.9 Å². The van der Waals surface area contributed by atoms with Crippen molar-refractivity contribution in [3.8, 4) is 5.75 Å². The number of aromatic nitrogens is 2. The predicted molar refractivity (Wildman–Crippen MR) is 146 cm³/mol. The van der Waals surface area contributed by atoms with Crippen molar-refractivity contribution in [3.63, 3.8) is 0 Å². The summed E-state index contributed by atoms with van der Waals surface area (Å²) in [6.45, 7) is 4.67. The second kappa shape index (κ2) is 11.6. The van der Waals surface area contributed by atoms with E-state index < -0.39 is 15.9 Å². The Morgan fingerprint density at radius 3 is 2.62 bits per heavy atom. The molecule has 4 rings (SSSR count). The van der Waals surface area contributed by atoms with Crippen molar-refractivity contribution in [1.82, 2.24) is 14.3 Å². The maximum atomic E-state index is 12.7. The summed E-state index contributed by atoms with van der Waals surface area (Å²) in [7, 11) is -3.87. The predicted octanol–water partition coefficient (Wildman–Crippen LogP) is 6.00. The molecule has 0 aliphatic carbocycles. The lowest BCUT2D eigenvalue weighted by molar-refractivity contribution is 0.0982. The maximum Gasteiger partial charge on any atom is 0.265 e. The van der Waals surface area contributed by atoms with E-state index in [-0.39, 0.29) is 5.56 Å². The van der Waals surface area contributed by atoms with Crippen LogP contribution >= 0.6 is 11.6 Å². The Morgan fingerprint density at radius 1 is 1.11 bits per heavy atom. The van der Waals surface area contributed by atoms with Crippen LogP contribution in [-0.2, 0) is 23.2 Å². The molecule has 1 heterocycles. The molecule has 3 aromatic carbocycles. The van der Waals surface area contributed by atoms with E-state index in [9.17, 15) is 13.2 Å². The van der Waals surface area contributed by atoms with Crippen LogP contribution in [0.4, 0.5) is 0 Å². The van der Waals surface area contributed by atoms with E-state index >= 15 is 0 Å². The molecule has 0 saturated heterocycles. The van der Waals surface area contributed by atoms with Gasteiger partial charge in [-0.3, -0.25) is 4.79 Å². The van der Waals surface area contributed by atoms with Crippen molar-refractivity contribution in [2.75, 3.05) is 0 Å². The number of nitrogens with one attached hydrogen (secondary N) is 1. The Bertz CT molecular complexity index is 1550. The molecular formula is C28H28ClN3O4S. The first-order valence-corrected chi connectivity index (χ1v) is 13.8. The lowest BCUT2D eigenvalue weighted by Gasteiger charge is -2.12. The first-order valence-electron chi connectivity index (χ1n) is 11.9. The first-order chi connectivity index (χ1) is 17.8. The molecule has 0 radical (unpaired) electrons. The van der Waals surface area contributed by atoms with E-state index in [0.717, 1.165) is 28.8 Å². The summed E-state index contributed by atoms with van der Waals surface area (Å²) in [5.41, 5.74) is 3.53. The van der Waals surface area contributed by atoms with Gasteiger partial charge in [-0.1, -0.05) is 67.4 Å². The van der Waals surface area contributed by atoms with Gasteiger partial charge in [0.2, 0.25) is 0 Å². The van der Waals surface area contributed by atoms with Crippen molar-refractivity contribution >= 4 is 38.6 Å². The Hall–Kier alpha value is -3.62. The summed E-state index contributed by atoms with van der Waals surface area (Å²) in [6, 6.07) is 20.3. The fraction of sp³-hybridized carbons (Fsp3) is 0.214. The number of amides is 1. The molecule has 0 aliphatic rings. The number of hydrogen-bond donors (Lipinski definition) is 1. The molecule has 0 unspecified atom stereocenters. The van der Waals surface area contributed by atoms with Crippen molar-refractivity contribution in [2.24, 2.45) is 0 Å². The van der Waals surface area contributed by atoms with E-state index in [0.29, 0.717) is 41.4 Å². The average Bonchev–Trinajstić information content (AvgIpc) is 3.18. The highest BCUT2D eigenvalue weighted by Crippen LogP contribution is 2.26. The Morgan fingerprint density at radius 2 is 1.89 bits per heavy atom. The molecule has 192 valence electrons. The highest BCUT2D eigenvalue weighted by atomic mass is 35.5. The highest BCUT2D eigenvalue weighted by molar-refractivity contribution is 7.92. The zero-order valence-corrected chi connectivity index (χ0v) is 22.2. The topological polar surface area (TPSA) is 90.3 Å². The number of carbonyl (C=O) groups is 1. The number of ether oxygens (including phenoxy) is 1. The van der Waals surface area contributed by atoms with Gasteiger partial charge >= 0.3 is 0 Å². The van der Waals surface area contributed by atoms with Gasteiger partial charge in [0, 0.05) is 16.0 Å². The van der Waals surface area contributed by atoms with Crippen LogP contribution in [-0.4, -0.2) is 23.9 Å². The number of carbonyl (C=O) groups excluding carboxylic acids is 1. The summed E-state index contributed by atoms with van der Waals surface area (Å²) in [4.78, 5) is 17.3. The third-order valence-electron chi connectivity index (χ3n) is 5.77. The van der Waals surface area contributed by atoms with E-state index in [1.165, 1.54) is 6.08 Å². The largest absolute Gasteiger partial charge is 0.489 e. The lowest BCUT2D eigenvalue weighted by atomic mass is 10.1. The van der Waals surface area contributed by atoms with Crippen LogP contribution in [0.1, 0.15) is 47.1 Å². The normalized spacial score (nSPS) is 11.8. The van der Waals surface area contributed by atoms with Crippen LogP contribution in [0.2, 0.25) is 5.02 Å². The molecule has 1 amide bonds. The summed E-state index contributed by atoms with van der Waals surface area (Å²) < 4.78 is 34.3. The third-order valence-corrected chi connectivity index (χ3v) is 7.14. The molecule has 9 heteroatoms. The van der Waals surface area contributed by atoms with Gasteiger partial charge in [-0.2, -0.15) is 0 Å². The second-order valence-electron chi connectivity index (χ2n) is 8.61. The molecule has 7 nitrogen and oxygen atoms in total. The zero-order valence-electron chi connectivity index (χ0n) is 20.6. The summed E-state index contributed by atoms with van der Waals surface area (Å²) >= 11 is 6.59. The molecular weight excluding hydrogens is 510 g/mol. The Balaban J connectivity index is 1.53. The lowest BCUT2D eigenvalue weighted by Crippen LogP contribution is -2.28. The highest BCUT2D eigenvalue weighted by Gasteiger charge is 2.16. The number of hydrogen-bond acceptors (Lipinski definition) is 5. The second-order valence-corrected chi connectivity index (χ2v) is 10.6. The molecule has 0 bridgehead atoms. The summed E-state index contributed by atoms with van der Waals surface area (Å²) in [5, 5.41) is 1.57. The van der Waals surface area contributed by atoms with Gasteiger partial charge in [0.05, 0.1) is 17.6 Å². The number of unbranched alkanes of at least 4 members (excludes halogenated alkanes) is 1. The summed E-state index contributed by atoms with van der Waals surface area (Å²) in [5.74, 6) is 0.701. The van der Waals surface area contributed by atoms with E-state index in [4.69, 9.17) is 16.3 Å². The third kappa shape index (κ3) is 6.78. The Labute approximate surface area is 221 Å². The number of benzene rings is 3. The van der Waals surface area contributed by atoms with Crippen LogP contribution in [0.15, 0.2) is 78.2 Å². The summed E-state index contributed by atoms with van der Waals surface area (Å²) in [6.07, 6.45) is 2.95. The fourth-order valence-electron chi connectivity index (χ4n) is 3.82. The van der Waals surface area contributed by atoms with Crippen LogP contribution in [0, 0.1) is 6.92 Å². The van der Waals surface area contributed by atoms with Gasteiger partial charge in [0.1, 0.15) is 18.2 Å². The van der Waals surface area contributed by atoms with Gasteiger partial charge in [0.15, 0.2) is 0 Å². The van der Waals surface area contributed by atoms with Crippen LogP contribution in [0.25, 0.3) is 11.0 Å². The van der Waals surface area contributed by atoms with Crippen LogP contribution in [0.5, 0.6) is 5.75 Å². The van der Waals surface area contributed by atoms with E-state index in [1.54, 1.807) is 24.3 Å². The molecule has 1 aromatic heterocycles. The number of rotatable bonds is 10. The van der Waals surface area contributed by atoms with Gasteiger partial charge in [0.25, 0.3) is 15.9 Å². The minimum atomic E-state index is -3.87. The van der Waals surface area contributed by atoms with Crippen molar-refractivity contribution in [3.05, 3.63) is 106 Å². The van der Waals surface area contributed by atoms with Crippen LogP contribution in [0.3, 0.4) is 0 Å². The molecule has 0 aliphatic heterocycles. The van der Waals surface area contributed by atoms with Gasteiger partial charge < -0.3 is 9.30 Å². The average molecular weight is 538 g/mol. The number of halogens is 1. The van der Waals surface area contributed by atoms with Gasteiger partial charge in [-0.15, -0.1) is 0 Å². The van der Waals surface area contributed by atoms with Gasteiger partial charge in [-0.05, 0) is 54.8 Å². The number of fused-ring (bicyclic) bond motifs is 1. The maximum absolute atomic E-state index is 12.7.